The van der Waals surface area contributed by atoms with E-state index in [0.29, 0.717) is 37.3 Å². The van der Waals surface area contributed by atoms with Crippen molar-refractivity contribution < 1.29 is 8.78 Å². The number of alkyl halides is 1. The monoisotopic (exact) mass is 891 g/mol. The Hall–Kier alpha value is -5.88. The molecule has 3 aromatic carbocycles. The largest absolute Gasteiger partial charge is 0.342 e. The number of anilines is 2. The Bertz CT molecular complexity index is 2940. The highest BCUT2D eigenvalue weighted by Gasteiger charge is 2.34. The van der Waals surface area contributed by atoms with Crippen LogP contribution < -0.4 is 4.90 Å². The third-order valence-electron chi connectivity index (χ3n) is 16.5. The third-order valence-corrected chi connectivity index (χ3v) is 16.5. The van der Waals surface area contributed by atoms with Gasteiger partial charge in [-0.15, -0.1) is 0 Å². The van der Waals surface area contributed by atoms with Crippen molar-refractivity contribution >= 4 is 45.3 Å². The summed E-state index contributed by atoms with van der Waals surface area (Å²) in [6.45, 7) is 2.18. The van der Waals surface area contributed by atoms with Crippen molar-refractivity contribution in [2.24, 2.45) is 11.8 Å². The van der Waals surface area contributed by atoms with Crippen LogP contribution >= 0.6 is 0 Å². The first-order chi connectivity index (χ1) is 33.0. The summed E-state index contributed by atoms with van der Waals surface area (Å²) in [5.74, 6) is 0.587. The lowest BCUT2D eigenvalue weighted by atomic mass is 9.83. The topological polar surface area (TPSA) is 16.3 Å². The van der Waals surface area contributed by atoms with E-state index in [4.69, 9.17) is 0 Å². The van der Waals surface area contributed by atoms with E-state index in [1.165, 1.54) is 72.7 Å². The van der Waals surface area contributed by atoms with Crippen LogP contribution in [0, 0.1) is 11.8 Å². The van der Waals surface area contributed by atoms with Gasteiger partial charge in [-0.25, -0.2) is 8.78 Å². The van der Waals surface area contributed by atoms with E-state index in [1.54, 1.807) is 0 Å². The third kappa shape index (κ3) is 7.82. The lowest BCUT2D eigenvalue weighted by Gasteiger charge is -2.40. The van der Waals surface area contributed by atoms with Crippen molar-refractivity contribution in [3.63, 3.8) is 0 Å². The molecule has 2 aromatic heterocycles. The van der Waals surface area contributed by atoms with Gasteiger partial charge >= 0.3 is 0 Å². The maximum absolute atomic E-state index is 14.4. The molecule has 0 saturated heterocycles. The Kier molecular flexibility index (Phi) is 11.4. The lowest BCUT2D eigenvalue weighted by Crippen LogP contribution is -2.36. The second kappa shape index (κ2) is 18.0. The molecule has 5 aromatic rings. The summed E-state index contributed by atoms with van der Waals surface area (Å²) < 4.78 is 33.9. The summed E-state index contributed by atoms with van der Waals surface area (Å²) in [5.41, 5.74) is 14.8. The molecule has 1 saturated carbocycles. The van der Waals surface area contributed by atoms with Gasteiger partial charge in [0.25, 0.3) is 0 Å². The summed E-state index contributed by atoms with van der Waals surface area (Å²) in [7, 11) is 0. The number of para-hydroxylation sites is 2. The molecular formula is C61H64F2N4. The average molecular weight is 891 g/mol. The molecule has 0 aliphatic heterocycles. The molecule has 0 spiro atoms. The number of benzene rings is 3. The molecule has 0 amide bonds. The highest BCUT2D eigenvalue weighted by molar-refractivity contribution is 5.95. The molecular weight excluding hydrogens is 827 g/mol. The molecule has 2 heterocycles. The van der Waals surface area contributed by atoms with Gasteiger partial charge in [-0.1, -0.05) is 98.0 Å². The minimum absolute atomic E-state index is 0.0380. The van der Waals surface area contributed by atoms with Crippen LogP contribution in [-0.2, 0) is 12.8 Å². The molecule has 1 fully saturated rings. The maximum atomic E-state index is 14.4. The Morgan fingerprint density at radius 3 is 2.24 bits per heavy atom. The Balaban J connectivity index is 0.814. The molecule has 0 radical (unpaired) electrons. The number of hydrogen-bond acceptors (Lipinski definition) is 2. The van der Waals surface area contributed by atoms with Crippen LogP contribution in [0.4, 0.5) is 20.2 Å². The molecule has 7 aliphatic rings. The fourth-order valence-electron chi connectivity index (χ4n) is 13.2. The van der Waals surface area contributed by atoms with Gasteiger partial charge in [-0.2, -0.15) is 0 Å². The molecule has 5 atom stereocenters. The smallest absolute Gasteiger partial charge is 0.100 e. The van der Waals surface area contributed by atoms with Crippen LogP contribution in [0.5, 0.6) is 0 Å². The van der Waals surface area contributed by atoms with Crippen LogP contribution in [0.2, 0.25) is 0 Å². The van der Waals surface area contributed by atoms with Gasteiger partial charge in [0.05, 0.1) is 17.9 Å². The van der Waals surface area contributed by atoms with Crippen molar-refractivity contribution in [3.8, 4) is 0 Å². The average Bonchev–Trinajstić information content (AvgIpc) is 3.88. The Morgan fingerprint density at radius 1 is 0.627 bits per heavy atom. The van der Waals surface area contributed by atoms with Crippen molar-refractivity contribution in [3.05, 3.63) is 179 Å². The van der Waals surface area contributed by atoms with E-state index < -0.39 is 6.17 Å². The zero-order chi connectivity index (χ0) is 45.0. The van der Waals surface area contributed by atoms with Crippen molar-refractivity contribution in [1.82, 2.24) is 14.0 Å². The number of hydrogen-bond donors (Lipinski definition) is 0. The Morgan fingerprint density at radius 2 is 1.45 bits per heavy atom. The molecule has 342 valence electrons. The predicted molar refractivity (Wildman–Crippen MR) is 275 cm³/mol. The first-order valence-electron chi connectivity index (χ1n) is 25.7. The normalized spacial score (nSPS) is 27.0. The van der Waals surface area contributed by atoms with E-state index >= 15 is 0 Å². The molecule has 12 rings (SSSR count). The van der Waals surface area contributed by atoms with E-state index in [0.717, 1.165) is 77.0 Å². The molecule has 5 unspecified atom stereocenters. The van der Waals surface area contributed by atoms with Crippen molar-refractivity contribution in [2.45, 2.75) is 134 Å². The van der Waals surface area contributed by atoms with E-state index in [2.05, 4.69) is 165 Å². The van der Waals surface area contributed by atoms with Crippen LogP contribution in [0.3, 0.4) is 0 Å². The standard InChI is InChI=1S/C61H64F2N4/c1-41-38-45(63)26-35-57(41)67-59-19-11-9-17-54(59)56-40-52(34-37-61(56)67)65(47-14-6-3-7-15-47)49-29-22-43(23-30-49)42-20-27-48(28-21-42)64(46-12-4-2-5-13-46)51-33-36-60-55(39-51)53-16-8-10-18-58(53)66(60)50-31-24-44(62)25-32-50/h2-4,6-10,12,14-18,20,22-23,27,29,34,37-42,44,48-50,57H,5,11,13,19,21,24-26,28,30-33,35-36H2,1H3. The van der Waals surface area contributed by atoms with E-state index in [-0.39, 0.29) is 23.8 Å². The number of rotatable bonds is 9. The lowest BCUT2D eigenvalue weighted by molar-refractivity contribution is 0.209. The number of nitrogens with zero attached hydrogens (tertiary/aromatic N) is 4. The number of fused-ring (bicyclic) bond motifs is 6. The summed E-state index contributed by atoms with van der Waals surface area (Å²) in [5, 5.41) is 2.64. The van der Waals surface area contributed by atoms with Gasteiger partial charge in [0.1, 0.15) is 6.17 Å². The first kappa shape index (κ1) is 42.5. The van der Waals surface area contributed by atoms with Gasteiger partial charge < -0.3 is 18.9 Å². The highest BCUT2D eigenvalue weighted by atomic mass is 19.1. The first-order valence-corrected chi connectivity index (χ1v) is 25.7. The fourth-order valence-corrected chi connectivity index (χ4v) is 13.2. The van der Waals surface area contributed by atoms with E-state index in [1.807, 2.05) is 6.08 Å². The SMILES string of the molecule is CC1C=C(F)CCC1n1c2c(c3cc(N(c4ccccc4)C4C=CC(C5C=CC(N(C6=CC=CCC6)C6=Cc7c(n(C8CCC(F)CC8)c8ccccc78)CC6)CC5)=CC4)ccc31)C=CCC2. The predicted octanol–water partition coefficient (Wildman–Crippen LogP) is 16.1. The van der Waals surface area contributed by atoms with Gasteiger partial charge in [0.2, 0.25) is 0 Å². The minimum Gasteiger partial charge on any atom is -0.342 e. The summed E-state index contributed by atoms with van der Waals surface area (Å²) >= 11 is 0. The van der Waals surface area contributed by atoms with Gasteiger partial charge in [0, 0.05) is 91.5 Å². The molecule has 7 aliphatic carbocycles. The van der Waals surface area contributed by atoms with Crippen LogP contribution in [0.25, 0.3) is 34.0 Å². The Labute approximate surface area is 395 Å². The number of halogens is 2. The zero-order valence-electron chi connectivity index (χ0n) is 39.0. The zero-order valence-corrected chi connectivity index (χ0v) is 39.0. The highest BCUT2D eigenvalue weighted by Crippen LogP contribution is 2.46. The summed E-state index contributed by atoms with van der Waals surface area (Å²) in [6.07, 6.45) is 41.7. The van der Waals surface area contributed by atoms with Crippen molar-refractivity contribution in [2.75, 3.05) is 4.90 Å². The van der Waals surface area contributed by atoms with Gasteiger partial charge in [-0.05, 0) is 156 Å². The summed E-state index contributed by atoms with van der Waals surface area (Å²) in [4.78, 5) is 5.25. The van der Waals surface area contributed by atoms with Crippen LogP contribution in [-0.4, -0.2) is 32.3 Å². The van der Waals surface area contributed by atoms with Gasteiger partial charge in [-0.3, -0.25) is 0 Å². The van der Waals surface area contributed by atoms with Crippen molar-refractivity contribution in [1.29, 1.82) is 0 Å². The molecule has 0 N–H and O–H groups in total. The quantitative estimate of drug-likeness (QED) is 0.137. The molecule has 6 heteroatoms. The maximum Gasteiger partial charge on any atom is 0.100 e. The van der Waals surface area contributed by atoms with Crippen LogP contribution in [0.1, 0.15) is 125 Å². The van der Waals surface area contributed by atoms with Gasteiger partial charge in [0.15, 0.2) is 0 Å². The minimum atomic E-state index is -0.652. The van der Waals surface area contributed by atoms with Crippen LogP contribution in [0.15, 0.2) is 156 Å². The second-order valence-electron chi connectivity index (χ2n) is 20.4. The molecule has 67 heavy (non-hydrogen) atoms. The number of aromatic nitrogens is 2. The fraction of sp³-hybridized carbons (Fsp3) is 0.377. The number of allylic oxidation sites excluding steroid dienone is 11. The molecule has 4 nitrogen and oxygen atoms in total. The molecule has 0 bridgehead atoms. The van der Waals surface area contributed by atoms with E-state index in [9.17, 15) is 8.78 Å². The summed E-state index contributed by atoms with van der Waals surface area (Å²) in [6, 6.07) is 28.1. The second-order valence-corrected chi connectivity index (χ2v) is 20.4.